The SMILES string of the molecule is Nc1nc(Cl)nc2c1ncn2Cc1cccc(Br)c1. The smallest absolute Gasteiger partial charge is 0.226 e. The third-order valence-corrected chi connectivity index (χ3v) is 3.37. The number of benzene rings is 1. The van der Waals surface area contributed by atoms with Crippen LogP contribution in [0.1, 0.15) is 5.56 Å². The van der Waals surface area contributed by atoms with Crippen molar-refractivity contribution in [1.82, 2.24) is 19.5 Å². The standard InChI is InChI=1S/C12H9BrClN5/c13-8-3-1-2-7(4-8)5-19-6-16-9-10(15)17-12(14)18-11(9)19/h1-4,6H,5H2,(H2,15,17,18). The summed E-state index contributed by atoms with van der Waals surface area (Å²) in [7, 11) is 0. The molecule has 0 bridgehead atoms. The average Bonchev–Trinajstić information content (AvgIpc) is 2.73. The van der Waals surface area contributed by atoms with Crippen LogP contribution in [0.15, 0.2) is 35.1 Å². The molecule has 0 saturated heterocycles. The van der Waals surface area contributed by atoms with Gasteiger partial charge in [-0.1, -0.05) is 28.1 Å². The van der Waals surface area contributed by atoms with Gasteiger partial charge in [0.05, 0.1) is 12.9 Å². The second-order valence-corrected chi connectivity index (χ2v) is 5.31. The van der Waals surface area contributed by atoms with Crippen molar-refractivity contribution in [3.8, 4) is 0 Å². The van der Waals surface area contributed by atoms with E-state index in [-0.39, 0.29) is 5.28 Å². The Morgan fingerprint density at radius 1 is 1.32 bits per heavy atom. The van der Waals surface area contributed by atoms with Crippen molar-refractivity contribution in [3.63, 3.8) is 0 Å². The molecular formula is C12H9BrClN5. The molecule has 0 unspecified atom stereocenters. The number of anilines is 1. The number of hydrogen-bond donors (Lipinski definition) is 1. The van der Waals surface area contributed by atoms with Gasteiger partial charge in [0.1, 0.15) is 5.52 Å². The van der Waals surface area contributed by atoms with Crippen LogP contribution in [0, 0.1) is 0 Å². The maximum atomic E-state index is 5.83. The monoisotopic (exact) mass is 337 g/mol. The molecule has 2 aromatic heterocycles. The van der Waals surface area contributed by atoms with E-state index >= 15 is 0 Å². The summed E-state index contributed by atoms with van der Waals surface area (Å²) >= 11 is 9.28. The first-order valence-corrected chi connectivity index (χ1v) is 6.69. The molecule has 2 heterocycles. The van der Waals surface area contributed by atoms with Crippen LogP contribution in [-0.2, 0) is 6.54 Å². The maximum absolute atomic E-state index is 5.83. The van der Waals surface area contributed by atoms with Crippen LogP contribution in [0.2, 0.25) is 5.28 Å². The van der Waals surface area contributed by atoms with Crippen molar-refractivity contribution in [2.75, 3.05) is 5.73 Å². The number of hydrogen-bond acceptors (Lipinski definition) is 4. The number of nitrogen functional groups attached to an aromatic ring is 1. The predicted molar refractivity (Wildman–Crippen MR) is 78.0 cm³/mol. The van der Waals surface area contributed by atoms with Crippen molar-refractivity contribution in [1.29, 1.82) is 0 Å². The molecule has 7 heteroatoms. The topological polar surface area (TPSA) is 69.6 Å². The molecule has 19 heavy (non-hydrogen) atoms. The van der Waals surface area contributed by atoms with Gasteiger partial charge in [-0.05, 0) is 29.3 Å². The first-order chi connectivity index (χ1) is 9.13. The van der Waals surface area contributed by atoms with Gasteiger partial charge in [-0.2, -0.15) is 9.97 Å². The molecular weight excluding hydrogens is 330 g/mol. The van der Waals surface area contributed by atoms with Crippen LogP contribution in [0.4, 0.5) is 5.82 Å². The number of nitrogens with zero attached hydrogens (tertiary/aromatic N) is 4. The van der Waals surface area contributed by atoms with Crippen molar-refractivity contribution in [2.45, 2.75) is 6.54 Å². The molecule has 1 aromatic carbocycles. The van der Waals surface area contributed by atoms with Crippen molar-refractivity contribution >= 4 is 44.5 Å². The van der Waals surface area contributed by atoms with E-state index in [4.69, 9.17) is 17.3 Å². The summed E-state index contributed by atoms with van der Waals surface area (Å²) in [5.74, 6) is 0.294. The van der Waals surface area contributed by atoms with Gasteiger partial charge in [0.25, 0.3) is 0 Å². The molecule has 5 nitrogen and oxygen atoms in total. The molecule has 0 amide bonds. The highest BCUT2D eigenvalue weighted by molar-refractivity contribution is 9.10. The van der Waals surface area contributed by atoms with Crippen LogP contribution >= 0.6 is 27.5 Å². The number of nitrogens with two attached hydrogens (primary N) is 1. The zero-order chi connectivity index (χ0) is 13.4. The Hall–Kier alpha value is -1.66. The lowest BCUT2D eigenvalue weighted by atomic mass is 10.2. The Balaban J connectivity index is 2.06. The number of aromatic nitrogens is 4. The predicted octanol–water partition coefficient (Wildman–Crippen LogP) is 2.87. The second kappa shape index (κ2) is 4.79. The molecule has 0 aliphatic rings. The molecule has 0 spiro atoms. The van der Waals surface area contributed by atoms with Gasteiger partial charge in [-0.25, -0.2) is 4.98 Å². The van der Waals surface area contributed by atoms with E-state index in [0.29, 0.717) is 23.5 Å². The first kappa shape index (κ1) is 12.4. The van der Waals surface area contributed by atoms with Crippen molar-refractivity contribution < 1.29 is 0 Å². The summed E-state index contributed by atoms with van der Waals surface area (Å²) in [5.41, 5.74) is 8.10. The van der Waals surface area contributed by atoms with Gasteiger partial charge in [0.2, 0.25) is 5.28 Å². The van der Waals surface area contributed by atoms with Gasteiger partial charge >= 0.3 is 0 Å². The highest BCUT2D eigenvalue weighted by atomic mass is 79.9. The number of halogens is 2. The molecule has 0 saturated carbocycles. The van der Waals surface area contributed by atoms with Gasteiger partial charge < -0.3 is 10.3 Å². The van der Waals surface area contributed by atoms with Gasteiger partial charge in [0, 0.05) is 4.47 Å². The minimum absolute atomic E-state index is 0.126. The Bertz CT molecular complexity index is 755. The number of fused-ring (bicyclic) bond motifs is 1. The fourth-order valence-electron chi connectivity index (χ4n) is 1.89. The third kappa shape index (κ3) is 2.41. The molecule has 0 radical (unpaired) electrons. The summed E-state index contributed by atoms with van der Waals surface area (Å²) in [6, 6.07) is 8.03. The molecule has 3 aromatic rings. The van der Waals surface area contributed by atoms with Crippen LogP contribution in [0.25, 0.3) is 11.2 Å². The van der Waals surface area contributed by atoms with E-state index in [1.54, 1.807) is 6.33 Å². The average molecular weight is 339 g/mol. The lowest BCUT2D eigenvalue weighted by Gasteiger charge is -2.05. The van der Waals surface area contributed by atoms with Gasteiger partial charge in [-0.15, -0.1) is 0 Å². The van der Waals surface area contributed by atoms with E-state index in [9.17, 15) is 0 Å². The maximum Gasteiger partial charge on any atom is 0.226 e. The number of imidazole rings is 1. The zero-order valence-corrected chi connectivity index (χ0v) is 12.1. The molecule has 0 aliphatic heterocycles. The lowest BCUT2D eigenvalue weighted by molar-refractivity contribution is 0.813. The summed E-state index contributed by atoms with van der Waals surface area (Å²) < 4.78 is 2.92. The quantitative estimate of drug-likeness (QED) is 0.729. The fourth-order valence-corrected chi connectivity index (χ4v) is 2.50. The summed E-state index contributed by atoms with van der Waals surface area (Å²) in [6.45, 7) is 0.642. The molecule has 0 atom stereocenters. The normalized spacial score (nSPS) is 11.1. The molecule has 96 valence electrons. The van der Waals surface area contributed by atoms with E-state index in [2.05, 4.69) is 30.9 Å². The summed E-state index contributed by atoms with van der Waals surface area (Å²) in [5, 5.41) is 0.126. The van der Waals surface area contributed by atoms with E-state index in [1.165, 1.54) is 0 Å². The summed E-state index contributed by atoms with van der Waals surface area (Å²) in [4.78, 5) is 12.3. The van der Waals surface area contributed by atoms with E-state index < -0.39 is 0 Å². The van der Waals surface area contributed by atoms with Crippen molar-refractivity contribution in [2.24, 2.45) is 0 Å². The van der Waals surface area contributed by atoms with Crippen LogP contribution in [-0.4, -0.2) is 19.5 Å². The van der Waals surface area contributed by atoms with Crippen LogP contribution in [0.3, 0.4) is 0 Å². The Morgan fingerprint density at radius 3 is 2.95 bits per heavy atom. The second-order valence-electron chi connectivity index (χ2n) is 4.05. The Morgan fingerprint density at radius 2 is 2.16 bits per heavy atom. The van der Waals surface area contributed by atoms with Crippen molar-refractivity contribution in [3.05, 3.63) is 45.9 Å². The first-order valence-electron chi connectivity index (χ1n) is 5.52. The highest BCUT2D eigenvalue weighted by Crippen LogP contribution is 2.20. The highest BCUT2D eigenvalue weighted by Gasteiger charge is 2.10. The minimum Gasteiger partial charge on any atom is -0.382 e. The Kier molecular flexibility index (Phi) is 3.12. The van der Waals surface area contributed by atoms with Crippen LogP contribution < -0.4 is 5.73 Å². The lowest BCUT2D eigenvalue weighted by Crippen LogP contribution is -2.01. The van der Waals surface area contributed by atoms with Gasteiger partial charge in [0.15, 0.2) is 11.5 Å². The molecule has 3 rings (SSSR count). The van der Waals surface area contributed by atoms with E-state index in [1.807, 2.05) is 28.8 Å². The zero-order valence-electron chi connectivity index (χ0n) is 9.72. The summed E-state index contributed by atoms with van der Waals surface area (Å²) in [6.07, 6.45) is 1.69. The molecule has 2 N–H and O–H groups in total. The van der Waals surface area contributed by atoms with Crippen LogP contribution in [0.5, 0.6) is 0 Å². The minimum atomic E-state index is 0.126. The number of rotatable bonds is 2. The van der Waals surface area contributed by atoms with Gasteiger partial charge in [-0.3, -0.25) is 0 Å². The molecule has 0 aliphatic carbocycles. The van der Waals surface area contributed by atoms with E-state index in [0.717, 1.165) is 10.0 Å². The third-order valence-electron chi connectivity index (χ3n) is 2.71. The Labute approximate surface area is 122 Å². The fraction of sp³-hybridized carbons (Fsp3) is 0.0833. The largest absolute Gasteiger partial charge is 0.382 e. The molecule has 0 fully saturated rings.